The summed E-state index contributed by atoms with van der Waals surface area (Å²) in [5.74, 6) is -1.04. The van der Waals surface area contributed by atoms with E-state index in [1.807, 2.05) is 60.7 Å². The summed E-state index contributed by atoms with van der Waals surface area (Å²) in [5, 5.41) is 0. The van der Waals surface area contributed by atoms with E-state index in [2.05, 4.69) is 4.74 Å². The molecule has 0 aliphatic carbocycles. The maximum atomic E-state index is 11.9. The van der Waals surface area contributed by atoms with Crippen LogP contribution in [0.1, 0.15) is 17.5 Å². The molecule has 2 aromatic carbocycles. The third kappa shape index (κ3) is 2.26. The van der Waals surface area contributed by atoms with Gasteiger partial charge in [0.05, 0.1) is 12.0 Å². The van der Waals surface area contributed by atoms with E-state index in [4.69, 9.17) is 0 Å². The Morgan fingerprint density at radius 3 is 1.70 bits per heavy atom. The van der Waals surface area contributed by atoms with Crippen LogP contribution in [0.4, 0.5) is 0 Å². The SMILES string of the molecule is O=C1CC(=C(c2ccccc2)c2ccccc2)C(=O)O1. The van der Waals surface area contributed by atoms with Crippen molar-refractivity contribution >= 4 is 17.5 Å². The van der Waals surface area contributed by atoms with Crippen molar-refractivity contribution in [1.82, 2.24) is 0 Å². The number of hydrogen-bond acceptors (Lipinski definition) is 3. The number of esters is 2. The van der Waals surface area contributed by atoms with Crippen molar-refractivity contribution in [3.05, 3.63) is 77.4 Å². The first-order chi connectivity index (χ1) is 9.75. The monoisotopic (exact) mass is 264 g/mol. The molecule has 0 radical (unpaired) electrons. The first-order valence-corrected chi connectivity index (χ1v) is 6.34. The van der Waals surface area contributed by atoms with Gasteiger partial charge in [0.15, 0.2) is 0 Å². The molecule has 0 aromatic heterocycles. The van der Waals surface area contributed by atoms with Crippen molar-refractivity contribution < 1.29 is 14.3 Å². The molecular formula is C17H12O3. The van der Waals surface area contributed by atoms with Gasteiger partial charge in [-0.25, -0.2) is 4.79 Å². The number of rotatable bonds is 2. The van der Waals surface area contributed by atoms with Gasteiger partial charge in [-0.05, 0) is 16.7 Å². The Kier molecular flexibility index (Phi) is 3.17. The van der Waals surface area contributed by atoms with Crippen molar-refractivity contribution in [2.45, 2.75) is 6.42 Å². The lowest BCUT2D eigenvalue weighted by Gasteiger charge is -2.10. The minimum atomic E-state index is -0.544. The fourth-order valence-electron chi connectivity index (χ4n) is 2.33. The van der Waals surface area contributed by atoms with Gasteiger partial charge in [0, 0.05) is 0 Å². The Morgan fingerprint density at radius 1 is 0.800 bits per heavy atom. The molecule has 98 valence electrons. The smallest absolute Gasteiger partial charge is 0.342 e. The van der Waals surface area contributed by atoms with E-state index < -0.39 is 11.9 Å². The van der Waals surface area contributed by atoms with E-state index >= 15 is 0 Å². The first-order valence-electron chi connectivity index (χ1n) is 6.34. The van der Waals surface area contributed by atoms with E-state index in [0.29, 0.717) is 5.57 Å². The molecule has 0 bridgehead atoms. The lowest BCUT2D eigenvalue weighted by molar-refractivity contribution is -0.151. The molecule has 20 heavy (non-hydrogen) atoms. The number of carbonyl (C=O) groups excluding carboxylic acids is 2. The van der Waals surface area contributed by atoms with Crippen molar-refractivity contribution in [2.75, 3.05) is 0 Å². The molecule has 0 amide bonds. The summed E-state index contributed by atoms with van der Waals surface area (Å²) in [7, 11) is 0. The molecule has 0 atom stereocenters. The zero-order valence-corrected chi connectivity index (χ0v) is 10.7. The lowest BCUT2D eigenvalue weighted by atomic mass is 9.92. The second-order valence-corrected chi connectivity index (χ2v) is 4.52. The van der Waals surface area contributed by atoms with Crippen molar-refractivity contribution in [2.24, 2.45) is 0 Å². The average molecular weight is 264 g/mol. The molecule has 1 saturated heterocycles. The highest BCUT2D eigenvalue weighted by Crippen LogP contribution is 2.31. The molecule has 0 saturated carbocycles. The zero-order valence-electron chi connectivity index (χ0n) is 10.7. The summed E-state index contributed by atoms with van der Waals surface area (Å²) in [6.45, 7) is 0. The molecule has 3 nitrogen and oxygen atoms in total. The van der Waals surface area contributed by atoms with Crippen LogP contribution < -0.4 is 0 Å². The summed E-state index contributed by atoms with van der Waals surface area (Å²) in [5.41, 5.74) is 3.00. The maximum Gasteiger partial charge on any atom is 0.342 e. The molecule has 3 heteroatoms. The van der Waals surface area contributed by atoms with E-state index in [-0.39, 0.29) is 6.42 Å². The minimum Gasteiger partial charge on any atom is -0.389 e. The largest absolute Gasteiger partial charge is 0.389 e. The molecule has 0 spiro atoms. The van der Waals surface area contributed by atoms with Gasteiger partial charge in [-0.3, -0.25) is 4.79 Å². The van der Waals surface area contributed by atoms with Crippen LogP contribution in [-0.2, 0) is 14.3 Å². The maximum absolute atomic E-state index is 11.9. The van der Waals surface area contributed by atoms with Gasteiger partial charge in [0.2, 0.25) is 0 Å². The number of hydrogen-bond donors (Lipinski definition) is 0. The summed E-state index contributed by atoms with van der Waals surface area (Å²) < 4.78 is 4.66. The number of ether oxygens (including phenoxy) is 1. The van der Waals surface area contributed by atoms with Crippen molar-refractivity contribution in [3.8, 4) is 0 Å². The molecule has 1 aliphatic rings. The van der Waals surface area contributed by atoms with Crippen LogP contribution in [0.15, 0.2) is 66.2 Å². The molecule has 3 rings (SSSR count). The van der Waals surface area contributed by atoms with Crippen LogP contribution in [-0.4, -0.2) is 11.9 Å². The lowest BCUT2D eigenvalue weighted by Crippen LogP contribution is -2.01. The van der Waals surface area contributed by atoms with Gasteiger partial charge in [-0.1, -0.05) is 60.7 Å². The molecular weight excluding hydrogens is 252 g/mol. The van der Waals surface area contributed by atoms with Crippen LogP contribution in [0.25, 0.3) is 5.57 Å². The van der Waals surface area contributed by atoms with Gasteiger partial charge < -0.3 is 4.74 Å². The highest BCUT2D eigenvalue weighted by Gasteiger charge is 2.30. The zero-order chi connectivity index (χ0) is 13.9. The highest BCUT2D eigenvalue weighted by molar-refractivity contribution is 6.12. The topological polar surface area (TPSA) is 43.4 Å². The van der Waals surface area contributed by atoms with Crippen LogP contribution >= 0.6 is 0 Å². The number of cyclic esters (lactones) is 2. The van der Waals surface area contributed by atoms with E-state index in [1.165, 1.54) is 0 Å². The van der Waals surface area contributed by atoms with E-state index in [0.717, 1.165) is 16.7 Å². The molecule has 1 fully saturated rings. The van der Waals surface area contributed by atoms with Crippen molar-refractivity contribution in [3.63, 3.8) is 0 Å². The van der Waals surface area contributed by atoms with Gasteiger partial charge in [-0.15, -0.1) is 0 Å². The highest BCUT2D eigenvalue weighted by atomic mass is 16.6. The number of benzene rings is 2. The fraction of sp³-hybridized carbons (Fsp3) is 0.0588. The van der Waals surface area contributed by atoms with Crippen LogP contribution in [0.2, 0.25) is 0 Å². The van der Waals surface area contributed by atoms with Crippen molar-refractivity contribution in [1.29, 1.82) is 0 Å². The third-order valence-electron chi connectivity index (χ3n) is 3.20. The normalized spacial score (nSPS) is 14.3. The molecule has 0 unspecified atom stereocenters. The Morgan fingerprint density at radius 2 is 1.30 bits per heavy atom. The predicted octanol–water partition coefficient (Wildman–Crippen LogP) is 2.96. The Bertz CT molecular complexity index is 643. The molecule has 0 N–H and O–H groups in total. The quantitative estimate of drug-likeness (QED) is 0.476. The second kappa shape index (κ2) is 5.13. The van der Waals surface area contributed by atoms with E-state index in [9.17, 15) is 9.59 Å². The van der Waals surface area contributed by atoms with Crippen LogP contribution in [0.3, 0.4) is 0 Å². The van der Waals surface area contributed by atoms with Gasteiger partial charge >= 0.3 is 11.9 Å². The summed E-state index contributed by atoms with van der Waals surface area (Å²) >= 11 is 0. The predicted molar refractivity (Wildman–Crippen MR) is 74.6 cm³/mol. The standard InChI is InChI=1S/C17H12O3/c18-15-11-14(17(19)20-15)16(12-7-3-1-4-8-12)13-9-5-2-6-10-13/h1-10H,11H2. The summed E-state index contributed by atoms with van der Waals surface area (Å²) in [6.07, 6.45) is 0.0257. The summed E-state index contributed by atoms with van der Waals surface area (Å²) in [6, 6.07) is 19.1. The summed E-state index contributed by atoms with van der Waals surface area (Å²) in [4.78, 5) is 23.2. The molecule has 1 heterocycles. The fourth-order valence-corrected chi connectivity index (χ4v) is 2.33. The molecule has 1 aliphatic heterocycles. The third-order valence-corrected chi connectivity index (χ3v) is 3.20. The van der Waals surface area contributed by atoms with Gasteiger partial charge in [0.1, 0.15) is 0 Å². The second-order valence-electron chi connectivity index (χ2n) is 4.52. The van der Waals surface area contributed by atoms with Crippen LogP contribution in [0, 0.1) is 0 Å². The molecule has 2 aromatic rings. The Labute approximate surface area is 116 Å². The van der Waals surface area contributed by atoms with Gasteiger partial charge in [0.25, 0.3) is 0 Å². The first kappa shape index (κ1) is 12.4. The van der Waals surface area contributed by atoms with E-state index in [1.54, 1.807) is 0 Å². The van der Waals surface area contributed by atoms with Crippen LogP contribution in [0.5, 0.6) is 0 Å². The number of carbonyl (C=O) groups is 2. The Balaban J connectivity index is 2.22. The average Bonchev–Trinajstić information content (AvgIpc) is 2.80. The minimum absolute atomic E-state index is 0.0257. The van der Waals surface area contributed by atoms with Gasteiger partial charge in [-0.2, -0.15) is 0 Å². The Hall–Kier alpha value is -2.68.